The summed E-state index contributed by atoms with van der Waals surface area (Å²) >= 11 is 0. The molecule has 1 fully saturated rings. The van der Waals surface area contributed by atoms with Crippen molar-refractivity contribution in [3.05, 3.63) is 115 Å². The molecule has 0 aliphatic carbocycles. The number of fused-ring (bicyclic) bond motifs is 1. The third kappa shape index (κ3) is 5.08. The Morgan fingerprint density at radius 2 is 1.56 bits per heavy atom. The molecule has 5 aromatic rings. The average molecular weight is 474 g/mol. The molecule has 2 aromatic heterocycles. The van der Waals surface area contributed by atoms with E-state index >= 15 is 0 Å². The molecule has 0 bridgehead atoms. The van der Waals surface area contributed by atoms with Gasteiger partial charge in [-0.25, -0.2) is 9.50 Å². The van der Waals surface area contributed by atoms with Gasteiger partial charge in [0.2, 0.25) is 0 Å². The van der Waals surface area contributed by atoms with Gasteiger partial charge in [-0.05, 0) is 47.7 Å². The van der Waals surface area contributed by atoms with Crippen LogP contribution in [-0.4, -0.2) is 39.1 Å². The van der Waals surface area contributed by atoms with Crippen molar-refractivity contribution in [1.82, 2.24) is 24.8 Å². The largest absolute Gasteiger partial charge is 0.312 e. The molecule has 1 aliphatic rings. The van der Waals surface area contributed by atoms with Crippen LogP contribution in [0.1, 0.15) is 17.5 Å². The van der Waals surface area contributed by atoms with E-state index in [-0.39, 0.29) is 0 Å². The highest BCUT2D eigenvalue weighted by molar-refractivity contribution is 5.77. The molecule has 0 spiro atoms. The van der Waals surface area contributed by atoms with E-state index in [0.29, 0.717) is 0 Å². The van der Waals surface area contributed by atoms with Gasteiger partial charge < -0.3 is 5.32 Å². The highest BCUT2D eigenvalue weighted by Crippen LogP contribution is 2.25. The normalized spacial score (nSPS) is 16.1. The lowest BCUT2D eigenvalue weighted by Crippen LogP contribution is -2.26. The van der Waals surface area contributed by atoms with Crippen molar-refractivity contribution in [2.24, 2.45) is 5.92 Å². The summed E-state index contributed by atoms with van der Waals surface area (Å²) < 4.78 is 1.87. The van der Waals surface area contributed by atoms with Crippen molar-refractivity contribution in [3.63, 3.8) is 0 Å². The molecule has 1 aliphatic heterocycles. The lowest BCUT2D eigenvalue weighted by molar-refractivity contribution is 0.314. The van der Waals surface area contributed by atoms with Gasteiger partial charge in [0.05, 0.1) is 6.20 Å². The number of rotatable bonds is 8. The van der Waals surface area contributed by atoms with Gasteiger partial charge in [0.15, 0.2) is 5.65 Å². The lowest BCUT2D eigenvalue weighted by atomic mass is 10.1. The Morgan fingerprint density at radius 3 is 2.36 bits per heavy atom. The van der Waals surface area contributed by atoms with Crippen molar-refractivity contribution < 1.29 is 0 Å². The quantitative estimate of drug-likeness (QED) is 0.315. The van der Waals surface area contributed by atoms with Crippen LogP contribution in [0, 0.1) is 5.92 Å². The fraction of sp³-hybridized carbons (Fsp3) is 0.226. The number of likely N-dealkylation sites (tertiary alicyclic amines) is 1. The number of benzene rings is 3. The SMILES string of the molecule is c1ccc(CN2CCC(CNCc3ccc(-c4cnc5c(-c6ccccc6)cnn5c4)cc3)C2)cc1. The summed E-state index contributed by atoms with van der Waals surface area (Å²) in [4.78, 5) is 7.30. The first-order valence-corrected chi connectivity index (χ1v) is 12.8. The second-order valence-electron chi connectivity index (χ2n) is 9.74. The molecular weight excluding hydrogens is 442 g/mol. The van der Waals surface area contributed by atoms with E-state index in [0.717, 1.165) is 53.5 Å². The highest BCUT2D eigenvalue weighted by atomic mass is 15.2. The molecule has 0 amide bonds. The fourth-order valence-corrected chi connectivity index (χ4v) is 5.15. The van der Waals surface area contributed by atoms with Crippen LogP contribution in [0.25, 0.3) is 27.9 Å². The van der Waals surface area contributed by atoms with Crippen molar-refractivity contribution in [1.29, 1.82) is 0 Å². The summed E-state index contributed by atoms with van der Waals surface area (Å²) in [5.41, 5.74) is 7.98. The van der Waals surface area contributed by atoms with Crippen molar-refractivity contribution >= 4 is 5.65 Å². The monoisotopic (exact) mass is 473 g/mol. The van der Waals surface area contributed by atoms with Gasteiger partial charge in [-0.1, -0.05) is 84.9 Å². The second kappa shape index (κ2) is 10.4. The Morgan fingerprint density at radius 1 is 0.778 bits per heavy atom. The molecular formula is C31H31N5. The maximum absolute atomic E-state index is 4.73. The molecule has 0 radical (unpaired) electrons. The summed E-state index contributed by atoms with van der Waals surface area (Å²) in [5.74, 6) is 0.723. The zero-order valence-corrected chi connectivity index (χ0v) is 20.4. The minimum Gasteiger partial charge on any atom is -0.312 e. The zero-order chi connectivity index (χ0) is 24.2. The molecule has 3 heterocycles. The molecule has 3 aromatic carbocycles. The topological polar surface area (TPSA) is 45.5 Å². The summed E-state index contributed by atoms with van der Waals surface area (Å²) in [6, 6.07) is 29.8. The van der Waals surface area contributed by atoms with Crippen molar-refractivity contribution in [3.8, 4) is 22.3 Å². The summed E-state index contributed by atoms with van der Waals surface area (Å²) in [6.45, 7) is 5.39. The van der Waals surface area contributed by atoms with E-state index in [1.807, 2.05) is 35.1 Å². The molecule has 5 nitrogen and oxygen atoms in total. The van der Waals surface area contributed by atoms with Gasteiger partial charge in [-0.3, -0.25) is 4.90 Å². The first kappa shape index (κ1) is 22.7. The van der Waals surface area contributed by atoms with E-state index in [4.69, 9.17) is 4.98 Å². The summed E-state index contributed by atoms with van der Waals surface area (Å²) in [7, 11) is 0. The Kier molecular flexibility index (Phi) is 6.57. The molecule has 180 valence electrons. The maximum Gasteiger partial charge on any atom is 0.162 e. The minimum absolute atomic E-state index is 0.723. The van der Waals surface area contributed by atoms with E-state index in [2.05, 4.69) is 88.2 Å². The smallest absolute Gasteiger partial charge is 0.162 e. The van der Waals surface area contributed by atoms with Crippen LogP contribution in [0.3, 0.4) is 0 Å². The Bertz CT molecular complexity index is 1410. The van der Waals surface area contributed by atoms with Gasteiger partial charge in [0.25, 0.3) is 0 Å². The number of hydrogen-bond acceptors (Lipinski definition) is 4. The Labute approximate surface area is 212 Å². The van der Waals surface area contributed by atoms with E-state index < -0.39 is 0 Å². The third-order valence-electron chi connectivity index (χ3n) is 7.11. The number of aromatic nitrogens is 3. The molecule has 1 atom stereocenters. The van der Waals surface area contributed by atoms with Crippen LogP contribution < -0.4 is 5.32 Å². The van der Waals surface area contributed by atoms with Crippen LogP contribution in [-0.2, 0) is 13.1 Å². The predicted molar refractivity (Wildman–Crippen MR) is 145 cm³/mol. The van der Waals surface area contributed by atoms with E-state index in [1.54, 1.807) is 0 Å². The molecule has 5 heteroatoms. The van der Waals surface area contributed by atoms with Gasteiger partial charge in [0, 0.05) is 43.2 Å². The molecule has 1 unspecified atom stereocenters. The number of nitrogens with one attached hydrogen (secondary N) is 1. The van der Waals surface area contributed by atoms with Crippen LogP contribution in [0.15, 0.2) is 104 Å². The van der Waals surface area contributed by atoms with Crippen molar-refractivity contribution in [2.75, 3.05) is 19.6 Å². The second-order valence-corrected chi connectivity index (χ2v) is 9.74. The molecule has 1 N–H and O–H groups in total. The van der Waals surface area contributed by atoms with Gasteiger partial charge >= 0.3 is 0 Å². The van der Waals surface area contributed by atoms with Crippen LogP contribution in [0.2, 0.25) is 0 Å². The van der Waals surface area contributed by atoms with E-state index in [1.165, 1.54) is 30.6 Å². The van der Waals surface area contributed by atoms with Crippen LogP contribution >= 0.6 is 0 Å². The summed E-state index contributed by atoms with van der Waals surface area (Å²) in [5, 5.41) is 8.22. The minimum atomic E-state index is 0.723. The van der Waals surface area contributed by atoms with Crippen LogP contribution in [0.5, 0.6) is 0 Å². The first-order valence-electron chi connectivity index (χ1n) is 12.8. The average Bonchev–Trinajstić information content (AvgIpc) is 3.57. The molecule has 1 saturated heterocycles. The van der Waals surface area contributed by atoms with Crippen LogP contribution in [0.4, 0.5) is 0 Å². The zero-order valence-electron chi connectivity index (χ0n) is 20.4. The molecule has 36 heavy (non-hydrogen) atoms. The first-order chi connectivity index (χ1) is 17.8. The number of nitrogens with zero attached hydrogens (tertiary/aromatic N) is 4. The van der Waals surface area contributed by atoms with Gasteiger partial charge in [-0.2, -0.15) is 5.10 Å². The number of hydrogen-bond donors (Lipinski definition) is 1. The fourth-order valence-electron chi connectivity index (χ4n) is 5.15. The predicted octanol–water partition coefficient (Wildman–Crippen LogP) is 5.68. The standard InChI is InChI=1S/C31H31N5/c1-3-7-25(8-4-1)21-35-16-15-26(22-35)18-32-17-24-11-13-27(14-12-24)29-19-33-31-30(20-34-36(31)23-29)28-9-5-2-6-10-28/h1-14,19-20,23,26,32H,15-18,21-22H2. The van der Waals surface area contributed by atoms with Gasteiger partial charge in [-0.15, -0.1) is 0 Å². The highest BCUT2D eigenvalue weighted by Gasteiger charge is 2.21. The third-order valence-corrected chi connectivity index (χ3v) is 7.11. The van der Waals surface area contributed by atoms with Crippen molar-refractivity contribution in [2.45, 2.75) is 19.5 Å². The lowest BCUT2D eigenvalue weighted by Gasteiger charge is -2.16. The Balaban J connectivity index is 1.03. The summed E-state index contributed by atoms with van der Waals surface area (Å²) in [6.07, 6.45) is 7.16. The Hall–Kier alpha value is -3.80. The van der Waals surface area contributed by atoms with E-state index in [9.17, 15) is 0 Å². The van der Waals surface area contributed by atoms with Gasteiger partial charge in [0.1, 0.15) is 0 Å². The maximum atomic E-state index is 4.73. The molecule has 6 rings (SSSR count). The molecule has 0 saturated carbocycles.